The van der Waals surface area contributed by atoms with E-state index in [1.54, 1.807) is 0 Å². The van der Waals surface area contributed by atoms with E-state index in [0.29, 0.717) is 23.7 Å². The molecule has 3 aromatic rings. The van der Waals surface area contributed by atoms with Gasteiger partial charge in [0, 0.05) is 63.3 Å². The van der Waals surface area contributed by atoms with Crippen molar-refractivity contribution in [1.82, 2.24) is 19.8 Å². The quantitative estimate of drug-likeness (QED) is 0.499. The number of fused-ring (bicyclic) bond motifs is 1. The molecule has 0 bridgehead atoms. The number of carbonyl (C=O) groups is 1. The SMILES string of the molecule is Cc1cccc(N2CCN(CCC(C)NC(=O)CCc3nc4ccccc4c(=O)n3C3CC3)CC2)c1. The molecule has 36 heavy (non-hydrogen) atoms. The Morgan fingerprint density at radius 1 is 1.08 bits per heavy atom. The summed E-state index contributed by atoms with van der Waals surface area (Å²) in [5.41, 5.74) is 3.34. The zero-order chi connectivity index (χ0) is 25.1. The number of para-hydroxylation sites is 1. The second kappa shape index (κ2) is 10.8. The van der Waals surface area contributed by atoms with Crippen molar-refractivity contribution in [3.05, 3.63) is 70.3 Å². The molecule has 2 aromatic carbocycles. The molecule has 2 aliphatic rings. The van der Waals surface area contributed by atoms with Gasteiger partial charge in [0.15, 0.2) is 0 Å². The van der Waals surface area contributed by atoms with Gasteiger partial charge in [0.25, 0.3) is 5.56 Å². The first-order valence-electron chi connectivity index (χ1n) is 13.3. The van der Waals surface area contributed by atoms with Gasteiger partial charge < -0.3 is 10.2 Å². The minimum atomic E-state index is 0.0226. The lowest BCUT2D eigenvalue weighted by atomic mass is 10.1. The van der Waals surface area contributed by atoms with Gasteiger partial charge in [-0.25, -0.2) is 4.98 Å². The molecule has 5 rings (SSSR count). The monoisotopic (exact) mass is 487 g/mol. The predicted molar refractivity (Wildman–Crippen MR) is 145 cm³/mol. The van der Waals surface area contributed by atoms with E-state index in [4.69, 9.17) is 4.98 Å². The maximum atomic E-state index is 13.0. The highest BCUT2D eigenvalue weighted by atomic mass is 16.1. The van der Waals surface area contributed by atoms with E-state index >= 15 is 0 Å². The van der Waals surface area contributed by atoms with E-state index in [-0.39, 0.29) is 23.6 Å². The third-order valence-corrected chi connectivity index (χ3v) is 7.39. The topological polar surface area (TPSA) is 70.5 Å². The summed E-state index contributed by atoms with van der Waals surface area (Å²) in [5, 5.41) is 3.81. The summed E-state index contributed by atoms with van der Waals surface area (Å²) >= 11 is 0. The summed E-state index contributed by atoms with van der Waals surface area (Å²) in [7, 11) is 0. The van der Waals surface area contributed by atoms with Crippen molar-refractivity contribution in [2.45, 2.75) is 58.0 Å². The first-order chi connectivity index (χ1) is 17.5. The summed E-state index contributed by atoms with van der Waals surface area (Å²) in [6, 6.07) is 16.5. The average molecular weight is 488 g/mol. The van der Waals surface area contributed by atoms with Crippen LogP contribution in [0.25, 0.3) is 10.9 Å². The molecule has 0 radical (unpaired) electrons. The van der Waals surface area contributed by atoms with Crippen LogP contribution < -0.4 is 15.8 Å². The number of aryl methyl sites for hydroxylation is 2. The van der Waals surface area contributed by atoms with E-state index in [1.807, 2.05) is 28.8 Å². The average Bonchev–Trinajstić information content (AvgIpc) is 3.72. The van der Waals surface area contributed by atoms with E-state index in [2.05, 4.69) is 53.2 Å². The van der Waals surface area contributed by atoms with Gasteiger partial charge in [-0.1, -0.05) is 24.3 Å². The molecule has 0 spiro atoms. The van der Waals surface area contributed by atoms with E-state index in [9.17, 15) is 9.59 Å². The number of aromatic nitrogens is 2. The van der Waals surface area contributed by atoms with Crippen LogP contribution in [0, 0.1) is 6.92 Å². The largest absolute Gasteiger partial charge is 0.369 e. The van der Waals surface area contributed by atoms with Gasteiger partial charge >= 0.3 is 0 Å². The molecule has 1 aliphatic heterocycles. The van der Waals surface area contributed by atoms with Crippen molar-refractivity contribution in [3.63, 3.8) is 0 Å². The highest BCUT2D eigenvalue weighted by Crippen LogP contribution is 2.34. The van der Waals surface area contributed by atoms with E-state index in [1.165, 1.54) is 11.3 Å². The van der Waals surface area contributed by atoms with Gasteiger partial charge in [0.1, 0.15) is 5.82 Å². The van der Waals surface area contributed by atoms with Crippen LogP contribution in [0.1, 0.15) is 50.0 Å². The summed E-state index contributed by atoms with van der Waals surface area (Å²) < 4.78 is 1.83. The fourth-order valence-electron chi connectivity index (χ4n) is 5.15. The summed E-state index contributed by atoms with van der Waals surface area (Å²) in [6.07, 6.45) is 3.77. The molecule has 1 unspecified atom stereocenters. The maximum absolute atomic E-state index is 13.0. The number of hydrogen-bond donors (Lipinski definition) is 1. The third-order valence-electron chi connectivity index (χ3n) is 7.39. The lowest BCUT2D eigenvalue weighted by Crippen LogP contribution is -2.47. The maximum Gasteiger partial charge on any atom is 0.261 e. The molecule has 1 amide bonds. The molecule has 7 nitrogen and oxygen atoms in total. The summed E-state index contributed by atoms with van der Waals surface area (Å²) in [4.78, 5) is 35.4. The van der Waals surface area contributed by atoms with Crippen molar-refractivity contribution in [2.24, 2.45) is 0 Å². The Labute approximate surface area is 213 Å². The zero-order valence-electron chi connectivity index (χ0n) is 21.4. The molecule has 1 atom stereocenters. The first-order valence-corrected chi connectivity index (χ1v) is 13.3. The minimum absolute atomic E-state index is 0.0226. The van der Waals surface area contributed by atoms with Crippen LogP contribution in [-0.2, 0) is 11.2 Å². The summed E-state index contributed by atoms with van der Waals surface area (Å²) in [5.74, 6) is 0.756. The minimum Gasteiger partial charge on any atom is -0.369 e. The smallest absolute Gasteiger partial charge is 0.261 e. The van der Waals surface area contributed by atoms with Crippen LogP contribution in [0.3, 0.4) is 0 Å². The van der Waals surface area contributed by atoms with Crippen LogP contribution in [0.5, 0.6) is 0 Å². The highest BCUT2D eigenvalue weighted by Gasteiger charge is 2.28. The fourth-order valence-corrected chi connectivity index (χ4v) is 5.15. The van der Waals surface area contributed by atoms with Gasteiger partial charge in [-0.15, -0.1) is 0 Å². The number of anilines is 1. The number of nitrogens with zero attached hydrogens (tertiary/aromatic N) is 4. The van der Waals surface area contributed by atoms with Gasteiger partial charge in [-0.3, -0.25) is 19.1 Å². The number of rotatable bonds is 9. The van der Waals surface area contributed by atoms with Crippen molar-refractivity contribution in [2.75, 3.05) is 37.6 Å². The molecule has 2 fully saturated rings. The standard InChI is InChI=1S/C29H37N5O2/c1-21-6-5-7-24(20-21)33-18-16-32(17-19-33)15-14-22(2)30-28(35)13-12-27-31-26-9-4-3-8-25(26)29(36)34(27)23-10-11-23/h3-9,20,22-23H,10-19H2,1-2H3,(H,30,35). The van der Waals surface area contributed by atoms with Gasteiger partial charge in [-0.05, 0) is 62.9 Å². The van der Waals surface area contributed by atoms with Gasteiger partial charge in [-0.2, -0.15) is 0 Å². The second-order valence-corrected chi connectivity index (χ2v) is 10.4. The van der Waals surface area contributed by atoms with E-state index < -0.39 is 0 Å². The fraction of sp³-hybridized carbons (Fsp3) is 0.483. The van der Waals surface area contributed by atoms with Crippen LogP contribution in [0.2, 0.25) is 0 Å². The van der Waals surface area contributed by atoms with Crippen LogP contribution in [0.4, 0.5) is 5.69 Å². The van der Waals surface area contributed by atoms with Crippen LogP contribution in [0.15, 0.2) is 53.3 Å². The number of amides is 1. The lowest BCUT2D eigenvalue weighted by Gasteiger charge is -2.36. The van der Waals surface area contributed by atoms with Gasteiger partial charge in [0.2, 0.25) is 5.91 Å². The molecule has 1 saturated heterocycles. The Hall–Kier alpha value is -3.19. The molecule has 7 heteroatoms. The molecule has 2 heterocycles. The van der Waals surface area contributed by atoms with Crippen molar-refractivity contribution in [1.29, 1.82) is 0 Å². The summed E-state index contributed by atoms with van der Waals surface area (Å²) in [6.45, 7) is 9.35. The molecule has 1 saturated carbocycles. The Balaban J connectivity index is 1.09. The number of carbonyl (C=O) groups excluding carboxylic acids is 1. The Morgan fingerprint density at radius 3 is 2.61 bits per heavy atom. The molecular weight excluding hydrogens is 450 g/mol. The molecule has 1 N–H and O–H groups in total. The molecule has 190 valence electrons. The van der Waals surface area contributed by atoms with Gasteiger partial charge in [0.05, 0.1) is 10.9 Å². The Bertz CT molecular complexity index is 1270. The number of hydrogen-bond acceptors (Lipinski definition) is 5. The van der Waals surface area contributed by atoms with Crippen molar-refractivity contribution >= 4 is 22.5 Å². The lowest BCUT2D eigenvalue weighted by molar-refractivity contribution is -0.121. The van der Waals surface area contributed by atoms with Crippen LogP contribution >= 0.6 is 0 Å². The van der Waals surface area contributed by atoms with Crippen molar-refractivity contribution in [3.8, 4) is 0 Å². The third kappa shape index (κ3) is 5.78. The predicted octanol–water partition coefficient (Wildman–Crippen LogP) is 3.69. The first kappa shape index (κ1) is 24.5. The van der Waals surface area contributed by atoms with Crippen molar-refractivity contribution < 1.29 is 4.79 Å². The molecular formula is C29H37N5O2. The zero-order valence-corrected chi connectivity index (χ0v) is 21.4. The molecule has 1 aliphatic carbocycles. The van der Waals surface area contributed by atoms with E-state index in [0.717, 1.165) is 57.8 Å². The number of nitrogens with one attached hydrogen (secondary N) is 1. The second-order valence-electron chi connectivity index (χ2n) is 10.4. The molecule has 1 aromatic heterocycles. The Kier molecular flexibility index (Phi) is 7.37. The highest BCUT2D eigenvalue weighted by molar-refractivity contribution is 5.78. The normalized spacial score (nSPS) is 17.3. The number of piperazine rings is 1. The Morgan fingerprint density at radius 2 is 1.86 bits per heavy atom. The van der Waals surface area contributed by atoms with Crippen LogP contribution in [-0.4, -0.2) is 59.1 Å². The number of benzene rings is 2.